The number of Topliss-reactive ketones (excluding diaryl/α,β-unsaturated/α-hetero) is 3. The SMILES string of the molecule is C.O=C(O)COc1ccc(-c2n[nH]c3c2C(=O)c2c(NC(=O)NN4CCOCC4)cccc2-3)cc1.O=C(O)COc1ccc(C(=O)C2C(=O)c3cccc(NC(=O)NN4CCOCC4)c3C2=O)cc1.[2HH].[2H][2H].[2H][2H].[2H][2H].[2H][2H].[2H][2H].[2H][2H].[2H][2H]. The third kappa shape index (κ3) is 11.0. The summed E-state index contributed by atoms with van der Waals surface area (Å²) in [7, 11) is 0. The average molecular weight is 978 g/mol. The Hall–Kier alpha value is -8.31. The van der Waals surface area contributed by atoms with Crippen LogP contribution in [-0.2, 0) is 19.1 Å². The first-order valence-corrected chi connectivity index (χ1v) is 21.1. The van der Waals surface area contributed by atoms with Gasteiger partial charge in [-0.2, -0.15) is 5.10 Å². The van der Waals surface area contributed by atoms with Crippen molar-refractivity contribution in [3.05, 3.63) is 113 Å². The van der Waals surface area contributed by atoms with Crippen molar-refractivity contribution < 1.29 is 89.7 Å². The van der Waals surface area contributed by atoms with E-state index in [1.165, 1.54) is 42.5 Å². The Bertz CT molecular complexity index is 2860. The van der Waals surface area contributed by atoms with Crippen molar-refractivity contribution in [2.75, 3.05) is 76.5 Å². The number of benzene rings is 4. The molecule has 2 saturated heterocycles. The zero-order valence-corrected chi connectivity index (χ0v) is 35.9. The van der Waals surface area contributed by atoms with E-state index in [9.17, 15) is 38.4 Å². The van der Waals surface area contributed by atoms with Gasteiger partial charge in [-0.3, -0.25) is 35.1 Å². The van der Waals surface area contributed by atoms with Gasteiger partial charge in [0.15, 0.2) is 36.3 Å². The predicted octanol–water partition coefficient (Wildman–Crippen LogP) is 6.12. The van der Waals surface area contributed by atoms with Crippen LogP contribution < -0.4 is 31.0 Å². The van der Waals surface area contributed by atoms with E-state index in [2.05, 4.69) is 31.7 Å². The molecule has 0 spiro atoms. The number of anilines is 2. The second-order valence-electron chi connectivity index (χ2n) is 15.4. The lowest BCUT2D eigenvalue weighted by Crippen LogP contribution is -2.49. The van der Waals surface area contributed by atoms with Gasteiger partial charge in [-0.15, -0.1) is 0 Å². The number of ketones is 4. The molecule has 1 atom stereocenters. The number of rotatable bonds is 13. The van der Waals surface area contributed by atoms with Gasteiger partial charge in [0.2, 0.25) is 0 Å². The number of hydrogen-bond donors (Lipinski definition) is 7. The van der Waals surface area contributed by atoms with Crippen LogP contribution in [0, 0.1) is 5.92 Å². The number of carbonyl (C=O) groups is 8. The van der Waals surface area contributed by atoms with E-state index < -0.39 is 60.5 Å². The van der Waals surface area contributed by atoms with Crippen LogP contribution in [0.25, 0.3) is 22.5 Å². The molecule has 22 heteroatoms. The number of hydrazine groups is 2. The molecular weight excluding hydrogens is 901 g/mol. The van der Waals surface area contributed by atoms with E-state index >= 15 is 0 Å². The minimum atomic E-state index is -1.56. The second kappa shape index (κ2) is 21.5. The Kier molecular flexibility index (Phi) is 12.4. The van der Waals surface area contributed by atoms with Gasteiger partial charge < -0.3 is 39.8 Å². The molecule has 2 aliphatic heterocycles. The molecule has 7 N–H and O–H groups in total. The highest BCUT2D eigenvalue weighted by Gasteiger charge is 2.45. The van der Waals surface area contributed by atoms with E-state index in [4.69, 9.17) is 49.9 Å². The molecule has 0 bridgehead atoms. The summed E-state index contributed by atoms with van der Waals surface area (Å²) in [6, 6.07) is 20.8. The first-order chi connectivity index (χ1) is 39.9. The molecule has 4 amide bonds. The summed E-state index contributed by atoms with van der Waals surface area (Å²) in [5.41, 5.74) is 9.30. The van der Waals surface area contributed by atoms with Crippen LogP contribution in [0.5, 0.6) is 11.5 Å². The number of amides is 4. The topological polar surface area (TPSA) is 297 Å². The molecule has 1 unspecified atom stereocenters. The summed E-state index contributed by atoms with van der Waals surface area (Å²) in [6.45, 7) is 3.22. The highest BCUT2D eigenvalue weighted by molar-refractivity contribution is 6.39. The third-order valence-electron chi connectivity index (χ3n) is 10.9. The molecule has 9 rings (SSSR count). The highest BCUT2D eigenvalue weighted by atomic mass is 16.5. The van der Waals surface area contributed by atoms with Gasteiger partial charge in [-0.1, -0.05) is 31.7 Å². The van der Waals surface area contributed by atoms with Crippen LogP contribution in [0.4, 0.5) is 21.0 Å². The lowest BCUT2D eigenvalue weighted by Gasteiger charge is -2.27. The van der Waals surface area contributed by atoms with Gasteiger partial charge in [0.05, 0.1) is 60.2 Å². The Morgan fingerprint density at radius 2 is 1.16 bits per heavy atom. The van der Waals surface area contributed by atoms with Crippen molar-refractivity contribution in [2.45, 2.75) is 7.43 Å². The molecule has 3 heterocycles. The number of urea groups is 2. The lowest BCUT2D eigenvalue weighted by molar-refractivity contribution is -0.140. The number of aromatic nitrogens is 2. The van der Waals surface area contributed by atoms with E-state index in [1.54, 1.807) is 52.5 Å². The van der Waals surface area contributed by atoms with Crippen LogP contribution in [0.1, 0.15) is 76.6 Å². The second-order valence-corrected chi connectivity index (χ2v) is 15.4. The summed E-state index contributed by atoms with van der Waals surface area (Å²) < 4.78 is 90.7. The zero-order chi connectivity index (χ0) is 61.9. The molecule has 374 valence electrons. The number of aliphatic carboxylic acids is 2. The maximum Gasteiger partial charge on any atom is 0.341 e. The Morgan fingerprint density at radius 1 is 0.667 bits per heavy atom. The van der Waals surface area contributed by atoms with E-state index in [0.717, 1.165) is 0 Å². The van der Waals surface area contributed by atoms with E-state index in [1.807, 2.05) is 0 Å². The van der Waals surface area contributed by atoms with Crippen LogP contribution >= 0.6 is 0 Å². The van der Waals surface area contributed by atoms with Crippen LogP contribution in [0.2, 0.25) is 0 Å². The quantitative estimate of drug-likeness (QED) is 0.0506. The first kappa shape index (κ1) is 39.8. The van der Waals surface area contributed by atoms with Crippen molar-refractivity contribution >= 4 is 58.5 Å². The molecule has 0 radical (unpaired) electrons. The normalized spacial score (nSPS) is 16.9. The molecule has 22 nitrogen and oxygen atoms in total. The Morgan fingerprint density at radius 3 is 1.68 bits per heavy atom. The largest absolute Gasteiger partial charge is 0.482 e. The Labute approximate surface area is 415 Å². The molecule has 5 aromatic rings. The number of hydrogen-bond acceptors (Lipinski definition) is 15. The molecule has 2 aliphatic carbocycles. The van der Waals surface area contributed by atoms with Crippen LogP contribution in [0.3, 0.4) is 0 Å². The van der Waals surface area contributed by atoms with Crippen molar-refractivity contribution in [2.24, 2.45) is 5.92 Å². The van der Waals surface area contributed by atoms with Gasteiger partial charge in [0.25, 0.3) is 0 Å². The van der Waals surface area contributed by atoms with Gasteiger partial charge in [-0.25, -0.2) is 29.2 Å². The number of carboxylic acids is 2. The number of H-pyrrole nitrogens is 1. The summed E-state index contributed by atoms with van der Waals surface area (Å²) in [4.78, 5) is 98.7. The minimum Gasteiger partial charge on any atom is -0.482 e. The fourth-order valence-corrected chi connectivity index (χ4v) is 7.80. The Balaban J connectivity index is 0. The fraction of sp³-hybridized carbons (Fsp3) is 0.255. The lowest BCUT2D eigenvalue weighted by atomic mass is 9.93. The van der Waals surface area contributed by atoms with Crippen molar-refractivity contribution in [3.63, 3.8) is 0 Å². The molecule has 4 aliphatic rings. The van der Waals surface area contributed by atoms with Gasteiger partial charge >= 0.3 is 24.0 Å². The summed E-state index contributed by atoms with van der Waals surface area (Å²) >= 11 is 0. The molecule has 4 aromatic carbocycles. The number of carbonyl (C=O) groups excluding carboxylic acids is 6. The number of nitrogens with zero attached hydrogens (tertiary/aromatic N) is 3. The standard InChI is InChI=1S/C23H21N5O6.C23H21N3O8.CH4.8H2/c29-17(30)12-34-14-6-4-13(5-7-14)20-19-21(26-25-20)15-2-1-3-16(18(15)22(19)31)24-23(32)27-28-8-10-33-11-9-28;27-17(28)12-34-14-6-4-13(5-7-14)20(29)19-21(30)15-2-1-3-16(18(15)22(19)31)24-23(32)25-26-8-10-33-11-9-26;;;;;;;;;/h1-7H,8-12H2,(H,25,26)(H,29,30)(H2,24,27,32);1-7,19H,8-12H2,(H,27,28)(H2,24,25,32);1H4;8*1H/i;;;7*1+1D;1+1. The summed E-state index contributed by atoms with van der Waals surface area (Å²) in [6.07, 6.45) is 0. The van der Waals surface area contributed by atoms with Crippen LogP contribution in [-0.4, -0.2) is 143 Å². The molecule has 69 heavy (non-hydrogen) atoms. The molecule has 1 aromatic heterocycles. The smallest absolute Gasteiger partial charge is 0.341 e. The summed E-state index contributed by atoms with van der Waals surface area (Å²) in [5, 5.41) is 33.5. The van der Waals surface area contributed by atoms with Crippen molar-refractivity contribution in [1.29, 1.82) is 0 Å². The number of ether oxygens (including phenoxy) is 4. The van der Waals surface area contributed by atoms with E-state index in [-0.39, 0.29) is 42.8 Å². The number of aromatic amines is 1. The molecular formula is C47H62N8O14. The maximum absolute atomic E-state index is 13.4. The van der Waals surface area contributed by atoms with Gasteiger partial charge in [0.1, 0.15) is 23.1 Å². The van der Waals surface area contributed by atoms with E-state index in [0.29, 0.717) is 97.7 Å². The van der Waals surface area contributed by atoms with Gasteiger partial charge in [0, 0.05) is 70.6 Å². The monoisotopic (exact) mass is 978 g/mol. The summed E-state index contributed by atoms with van der Waals surface area (Å²) in [5.74, 6) is -5.45. The number of carboxylic acid groups (broad SMARTS) is 2. The molecule has 2 fully saturated rings. The van der Waals surface area contributed by atoms with Crippen LogP contribution in [0.15, 0.2) is 84.9 Å². The number of nitrogens with one attached hydrogen (secondary N) is 5. The van der Waals surface area contributed by atoms with Crippen molar-refractivity contribution in [1.82, 2.24) is 31.1 Å². The average Bonchev–Trinajstić information content (AvgIpc) is 4.40. The predicted molar refractivity (Wildman–Crippen MR) is 261 cm³/mol. The third-order valence-corrected chi connectivity index (χ3v) is 10.9. The zero-order valence-electron chi connectivity index (χ0n) is 49.9. The first-order valence-electron chi connectivity index (χ1n) is 28.1. The number of fused-ring (bicyclic) bond motifs is 4. The van der Waals surface area contributed by atoms with Crippen molar-refractivity contribution in [3.8, 4) is 34.0 Å². The highest BCUT2D eigenvalue weighted by Crippen LogP contribution is 2.43. The molecule has 0 saturated carbocycles. The minimum absolute atomic E-state index is 0. The maximum atomic E-state index is 13.4. The number of morpholine rings is 2. The fourth-order valence-electron chi connectivity index (χ4n) is 7.80. The van der Waals surface area contributed by atoms with Gasteiger partial charge in [-0.05, 0) is 60.7 Å².